The molecule has 0 aromatic heterocycles. The van der Waals surface area contributed by atoms with Crippen LogP contribution >= 0.6 is 0 Å². The number of benzene rings is 1. The second-order valence-electron chi connectivity index (χ2n) is 2.92. The van der Waals surface area contributed by atoms with Gasteiger partial charge in [-0.05, 0) is 19.4 Å². The van der Waals surface area contributed by atoms with Crippen LogP contribution in [0.4, 0.5) is 0 Å². The Bertz CT molecular complexity index is 274. The van der Waals surface area contributed by atoms with Gasteiger partial charge in [0.15, 0.2) is 5.78 Å². The maximum Gasteiger partial charge on any atom is 0.162 e. The molecule has 1 aromatic carbocycles. The summed E-state index contributed by atoms with van der Waals surface area (Å²) in [6.45, 7) is 3.34. The van der Waals surface area contributed by atoms with Gasteiger partial charge in [0.1, 0.15) is 6.10 Å². The first-order valence-corrected chi connectivity index (χ1v) is 3.86. The molecule has 0 heterocycles. The van der Waals surface area contributed by atoms with Crippen LogP contribution in [-0.4, -0.2) is 10.9 Å². The van der Waals surface area contributed by atoms with E-state index in [4.69, 9.17) is 0 Å². The minimum absolute atomic E-state index is 0.223. The van der Waals surface area contributed by atoms with Crippen molar-refractivity contribution < 1.29 is 9.90 Å². The maximum atomic E-state index is 10.8. The van der Waals surface area contributed by atoms with Gasteiger partial charge in [0.25, 0.3) is 0 Å². The third-order valence-electron chi connectivity index (χ3n) is 1.78. The summed E-state index contributed by atoms with van der Waals surface area (Å²) in [5, 5.41) is 9.34. The Hall–Kier alpha value is -1.15. The van der Waals surface area contributed by atoms with Crippen LogP contribution < -0.4 is 0 Å². The minimum atomic E-state index is -0.967. The molecule has 64 valence electrons. The van der Waals surface area contributed by atoms with Crippen LogP contribution in [0.1, 0.15) is 24.2 Å². The van der Waals surface area contributed by atoms with E-state index in [-0.39, 0.29) is 5.78 Å². The minimum Gasteiger partial charge on any atom is -0.381 e. The molecule has 0 saturated heterocycles. The Morgan fingerprint density at radius 3 is 2.25 bits per heavy atom. The Morgan fingerprint density at radius 1 is 1.33 bits per heavy atom. The molecule has 0 aliphatic carbocycles. The average Bonchev–Trinajstić information content (AvgIpc) is 2.04. The predicted molar refractivity (Wildman–Crippen MR) is 46.8 cm³/mol. The molecule has 12 heavy (non-hydrogen) atoms. The molecule has 2 nitrogen and oxygen atoms in total. The van der Waals surface area contributed by atoms with Crippen LogP contribution in [0.15, 0.2) is 24.3 Å². The molecule has 0 amide bonds. The van der Waals surface area contributed by atoms with Crippen molar-refractivity contribution >= 4 is 5.78 Å². The fraction of sp³-hybridized carbons (Fsp3) is 0.300. The predicted octanol–water partition coefficient (Wildman–Crippen LogP) is 1.62. The SMILES string of the molecule is CC(=O)[C@@H](O)c1ccc(C)cc1. The van der Waals surface area contributed by atoms with Gasteiger partial charge in [0.2, 0.25) is 0 Å². The van der Waals surface area contributed by atoms with Gasteiger partial charge in [-0.3, -0.25) is 4.79 Å². The number of carbonyl (C=O) groups excluding carboxylic acids is 1. The van der Waals surface area contributed by atoms with Crippen molar-refractivity contribution in [3.63, 3.8) is 0 Å². The quantitative estimate of drug-likeness (QED) is 0.721. The van der Waals surface area contributed by atoms with Crippen molar-refractivity contribution in [1.82, 2.24) is 0 Å². The van der Waals surface area contributed by atoms with Crippen LogP contribution in [0, 0.1) is 6.92 Å². The summed E-state index contributed by atoms with van der Waals surface area (Å²) in [6, 6.07) is 7.28. The molecular weight excluding hydrogens is 152 g/mol. The highest BCUT2D eigenvalue weighted by Gasteiger charge is 2.11. The highest BCUT2D eigenvalue weighted by Crippen LogP contribution is 2.13. The van der Waals surface area contributed by atoms with Gasteiger partial charge in [-0.15, -0.1) is 0 Å². The lowest BCUT2D eigenvalue weighted by atomic mass is 10.1. The maximum absolute atomic E-state index is 10.8. The van der Waals surface area contributed by atoms with E-state index in [0.717, 1.165) is 5.56 Å². The molecule has 0 aliphatic rings. The van der Waals surface area contributed by atoms with E-state index in [0.29, 0.717) is 5.56 Å². The van der Waals surface area contributed by atoms with E-state index in [9.17, 15) is 9.90 Å². The Balaban J connectivity index is 2.89. The van der Waals surface area contributed by atoms with Crippen molar-refractivity contribution in [3.8, 4) is 0 Å². The molecule has 0 bridgehead atoms. The van der Waals surface area contributed by atoms with Crippen molar-refractivity contribution in [2.45, 2.75) is 20.0 Å². The number of hydrogen-bond donors (Lipinski definition) is 1. The number of carbonyl (C=O) groups is 1. The third-order valence-corrected chi connectivity index (χ3v) is 1.78. The molecule has 1 rings (SSSR count). The summed E-state index contributed by atoms with van der Waals surface area (Å²) in [6.07, 6.45) is -0.967. The van der Waals surface area contributed by atoms with Crippen LogP contribution in [0.2, 0.25) is 0 Å². The smallest absolute Gasteiger partial charge is 0.162 e. The molecule has 1 N–H and O–H groups in total. The van der Waals surface area contributed by atoms with Gasteiger partial charge >= 0.3 is 0 Å². The Kier molecular flexibility index (Phi) is 2.61. The summed E-state index contributed by atoms with van der Waals surface area (Å²) in [5.41, 5.74) is 1.78. The molecule has 0 fully saturated rings. The molecule has 1 aromatic rings. The lowest BCUT2D eigenvalue weighted by Gasteiger charge is -2.06. The standard InChI is InChI=1S/C10H12O2/c1-7-3-5-9(6-4-7)10(12)8(2)11/h3-6,10,12H,1-2H3/t10-/m1/s1. The Morgan fingerprint density at radius 2 is 1.83 bits per heavy atom. The number of aryl methyl sites for hydroxylation is 1. The van der Waals surface area contributed by atoms with Gasteiger partial charge < -0.3 is 5.11 Å². The first-order chi connectivity index (χ1) is 5.61. The molecular formula is C10H12O2. The fourth-order valence-corrected chi connectivity index (χ4v) is 0.983. The number of Topliss-reactive ketones (excluding diaryl/α,β-unsaturated/α-hetero) is 1. The summed E-state index contributed by atoms with van der Waals surface area (Å²) in [4.78, 5) is 10.8. The lowest BCUT2D eigenvalue weighted by Crippen LogP contribution is -2.06. The fourth-order valence-electron chi connectivity index (χ4n) is 0.983. The molecule has 0 saturated carbocycles. The summed E-state index contributed by atoms with van der Waals surface area (Å²) in [5.74, 6) is -0.223. The summed E-state index contributed by atoms with van der Waals surface area (Å²) < 4.78 is 0. The zero-order valence-corrected chi connectivity index (χ0v) is 7.24. The van der Waals surface area contributed by atoms with E-state index < -0.39 is 6.10 Å². The van der Waals surface area contributed by atoms with E-state index in [1.54, 1.807) is 12.1 Å². The Labute approximate surface area is 71.8 Å². The molecule has 0 aliphatic heterocycles. The average molecular weight is 164 g/mol. The molecule has 0 radical (unpaired) electrons. The second kappa shape index (κ2) is 3.50. The lowest BCUT2D eigenvalue weighted by molar-refractivity contribution is -0.125. The number of hydrogen-bond acceptors (Lipinski definition) is 2. The zero-order chi connectivity index (χ0) is 9.14. The van der Waals surface area contributed by atoms with Crippen molar-refractivity contribution in [2.24, 2.45) is 0 Å². The van der Waals surface area contributed by atoms with Crippen molar-refractivity contribution in [3.05, 3.63) is 35.4 Å². The molecule has 0 spiro atoms. The van der Waals surface area contributed by atoms with Gasteiger partial charge in [0, 0.05) is 0 Å². The molecule has 1 atom stereocenters. The zero-order valence-electron chi connectivity index (χ0n) is 7.24. The monoisotopic (exact) mass is 164 g/mol. The molecule has 0 unspecified atom stereocenters. The van der Waals surface area contributed by atoms with Crippen molar-refractivity contribution in [2.75, 3.05) is 0 Å². The van der Waals surface area contributed by atoms with E-state index in [2.05, 4.69) is 0 Å². The van der Waals surface area contributed by atoms with Gasteiger partial charge in [-0.2, -0.15) is 0 Å². The highest BCUT2D eigenvalue weighted by atomic mass is 16.3. The first-order valence-electron chi connectivity index (χ1n) is 3.86. The first kappa shape index (κ1) is 8.94. The highest BCUT2D eigenvalue weighted by molar-refractivity contribution is 5.81. The van der Waals surface area contributed by atoms with Gasteiger partial charge in [-0.25, -0.2) is 0 Å². The van der Waals surface area contributed by atoms with E-state index in [1.165, 1.54) is 6.92 Å². The normalized spacial score (nSPS) is 12.6. The molecule has 2 heteroatoms. The van der Waals surface area contributed by atoms with Gasteiger partial charge in [-0.1, -0.05) is 29.8 Å². The van der Waals surface area contributed by atoms with E-state index >= 15 is 0 Å². The number of aliphatic hydroxyl groups is 1. The third kappa shape index (κ3) is 1.92. The number of rotatable bonds is 2. The largest absolute Gasteiger partial charge is 0.381 e. The second-order valence-corrected chi connectivity index (χ2v) is 2.92. The van der Waals surface area contributed by atoms with Crippen LogP contribution in [0.25, 0.3) is 0 Å². The van der Waals surface area contributed by atoms with Gasteiger partial charge in [0.05, 0.1) is 0 Å². The topological polar surface area (TPSA) is 37.3 Å². The van der Waals surface area contributed by atoms with Crippen LogP contribution in [0.5, 0.6) is 0 Å². The van der Waals surface area contributed by atoms with Crippen LogP contribution in [-0.2, 0) is 4.79 Å². The van der Waals surface area contributed by atoms with Crippen LogP contribution in [0.3, 0.4) is 0 Å². The number of aliphatic hydroxyl groups excluding tert-OH is 1. The number of ketones is 1. The summed E-state index contributed by atoms with van der Waals surface area (Å²) in [7, 11) is 0. The van der Waals surface area contributed by atoms with Crippen molar-refractivity contribution in [1.29, 1.82) is 0 Å². The van der Waals surface area contributed by atoms with E-state index in [1.807, 2.05) is 19.1 Å². The summed E-state index contributed by atoms with van der Waals surface area (Å²) >= 11 is 0.